The van der Waals surface area contributed by atoms with Crippen LogP contribution in [0.1, 0.15) is 6.42 Å². The first kappa shape index (κ1) is 17.4. The third-order valence-electron chi connectivity index (χ3n) is 3.68. The smallest absolute Gasteiger partial charge is 0.353 e. The lowest BCUT2D eigenvalue weighted by Gasteiger charge is -2.29. The number of nitrogens with two attached hydrogens (primary N) is 1. The minimum atomic E-state index is -4.12. The average molecular weight is 349 g/mol. The predicted molar refractivity (Wildman–Crippen MR) is 77.2 cm³/mol. The maximum absolute atomic E-state index is 13.7. The van der Waals surface area contributed by atoms with Gasteiger partial charge in [-0.1, -0.05) is 23.7 Å². The van der Waals surface area contributed by atoms with Crippen LogP contribution in [0.2, 0.25) is 5.02 Å². The lowest BCUT2D eigenvalue weighted by atomic mass is 9.94. The fourth-order valence-electron chi connectivity index (χ4n) is 2.28. The van der Waals surface area contributed by atoms with Gasteiger partial charge in [-0.15, -0.1) is 0 Å². The van der Waals surface area contributed by atoms with Crippen LogP contribution in [-0.4, -0.2) is 53.0 Å². The van der Waals surface area contributed by atoms with Gasteiger partial charge in [0, 0.05) is 13.0 Å². The normalized spacial score (nSPS) is 21.3. The molecule has 0 radical (unpaired) electrons. The molecule has 1 heterocycles. The Balaban J connectivity index is 1.98. The number of amides is 2. The van der Waals surface area contributed by atoms with Crippen molar-refractivity contribution in [2.75, 3.05) is 19.7 Å². The molecule has 3 N–H and O–H groups in total. The van der Waals surface area contributed by atoms with E-state index in [4.69, 9.17) is 16.3 Å². The van der Waals surface area contributed by atoms with E-state index >= 15 is 0 Å². The fraction of sp³-hybridized carbons (Fsp3) is 0.429. The minimum absolute atomic E-state index is 0.135. The van der Waals surface area contributed by atoms with Crippen LogP contribution in [0, 0.1) is 0 Å². The van der Waals surface area contributed by atoms with Crippen LogP contribution in [0.25, 0.3) is 0 Å². The highest BCUT2D eigenvalue weighted by Gasteiger charge is 2.60. The molecule has 1 aliphatic heterocycles. The number of para-hydroxylation sites is 1. The van der Waals surface area contributed by atoms with Crippen LogP contribution in [0.4, 0.5) is 8.78 Å². The van der Waals surface area contributed by atoms with E-state index < -0.39 is 42.9 Å². The van der Waals surface area contributed by atoms with E-state index in [1.54, 1.807) is 24.3 Å². The van der Waals surface area contributed by atoms with Gasteiger partial charge in [0.25, 0.3) is 11.8 Å². The van der Waals surface area contributed by atoms with Crippen molar-refractivity contribution < 1.29 is 28.2 Å². The number of halogens is 3. The summed E-state index contributed by atoms with van der Waals surface area (Å²) in [6.07, 6.45) is -0.458. The third-order valence-corrected chi connectivity index (χ3v) is 3.99. The Bertz CT molecular complexity index is 629. The molecule has 9 heteroatoms. The summed E-state index contributed by atoms with van der Waals surface area (Å²) in [6.45, 7) is -1.26. The first-order chi connectivity index (χ1) is 10.7. The number of alkyl halides is 2. The molecular weight excluding hydrogens is 334 g/mol. The molecule has 1 fully saturated rings. The third kappa shape index (κ3) is 3.37. The first-order valence-electron chi connectivity index (χ1n) is 6.72. The number of primary amides is 1. The molecule has 23 heavy (non-hydrogen) atoms. The van der Waals surface area contributed by atoms with E-state index in [9.17, 15) is 23.5 Å². The molecule has 1 aromatic carbocycles. The van der Waals surface area contributed by atoms with Crippen LogP contribution in [0.3, 0.4) is 0 Å². The number of likely N-dealkylation sites (tertiary alicyclic amines) is 1. The van der Waals surface area contributed by atoms with Gasteiger partial charge in [-0.05, 0) is 12.1 Å². The Kier molecular flexibility index (Phi) is 4.76. The first-order valence-corrected chi connectivity index (χ1v) is 7.10. The summed E-state index contributed by atoms with van der Waals surface area (Å²) in [7, 11) is 0. The molecule has 0 bridgehead atoms. The molecule has 0 saturated carbocycles. The van der Waals surface area contributed by atoms with Gasteiger partial charge >= 0.3 is 5.92 Å². The van der Waals surface area contributed by atoms with E-state index in [0.29, 0.717) is 5.02 Å². The van der Waals surface area contributed by atoms with E-state index in [1.165, 1.54) is 0 Å². The number of aliphatic hydroxyl groups is 1. The number of hydrogen-bond acceptors (Lipinski definition) is 4. The number of rotatable bonds is 5. The molecule has 126 valence electrons. The minimum Gasteiger partial charge on any atom is -0.482 e. The number of carbonyl (C=O) groups is 2. The van der Waals surface area contributed by atoms with Crippen molar-refractivity contribution >= 4 is 23.4 Å². The molecule has 1 saturated heterocycles. The summed E-state index contributed by atoms with van der Waals surface area (Å²) in [5, 5.41) is 10.2. The van der Waals surface area contributed by atoms with Crippen LogP contribution < -0.4 is 10.5 Å². The standard InChI is InChI=1S/C14H15ClF2N2O4/c15-9-3-1-2-4-10(9)23-7-11(20)19-6-5-13(22,8-19)14(16,17)12(18)21/h1-4,22H,5-8H2,(H2,18,21). The molecular formula is C14H15ClF2N2O4. The summed E-state index contributed by atoms with van der Waals surface area (Å²) in [4.78, 5) is 23.8. The molecule has 1 unspecified atom stereocenters. The lowest BCUT2D eigenvalue weighted by molar-refractivity contribution is -0.186. The van der Waals surface area contributed by atoms with Gasteiger partial charge in [-0.2, -0.15) is 8.78 Å². The largest absolute Gasteiger partial charge is 0.482 e. The molecule has 0 spiro atoms. The molecule has 2 amide bonds. The van der Waals surface area contributed by atoms with Crippen molar-refractivity contribution in [3.05, 3.63) is 29.3 Å². The topological polar surface area (TPSA) is 92.9 Å². The molecule has 0 aromatic heterocycles. The number of nitrogens with zero attached hydrogens (tertiary/aromatic N) is 1. The van der Waals surface area contributed by atoms with Gasteiger partial charge in [0.15, 0.2) is 12.2 Å². The Morgan fingerprint density at radius 3 is 2.70 bits per heavy atom. The Morgan fingerprint density at radius 2 is 2.09 bits per heavy atom. The zero-order valence-electron chi connectivity index (χ0n) is 12.0. The van der Waals surface area contributed by atoms with Crippen molar-refractivity contribution in [3.8, 4) is 5.75 Å². The summed E-state index contributed by atoms with van der Waals surface area (Å²) in [5.74, 6) is -6.38. The van der Waals surface area contributed by atoms with Gasteiger partial charge in [-0.25, -0.2) is 0 Å². The van der Waals surface area contributed by atoms with Crippen LogP contribution in [0.15, 0.2) is 24.3 Å². The second-order valence-corrected chi connectivity index (χ2v) is 5.66. The Labute approximate surface area is 135 Å². The van der Waals surface area contributed by atoms with E-state index in [1.807, 2.05) is 0 Å². The fourth-order valence-corrected chi connectivity index (χ4v) is 2.48. The second kappa shape index (κ2) is 6.29. The van der Waals surface area contributed by atoms with Crippen molar-refractivity contribution in [3.63, 3.8) is 0 Å². The molecule has 2 rings (SSSR count). The van der Waals surface area contributed by atoms with Gasteiger partial charge < -0.3 is 20.5 Å². The number of benzene rings is 1. The summed E-state index contributed by atoms with van der Waals surface area (Å²) >= 11 is 5.87. The second-order valence-electron chi connectivity index (χ2n) is 5.25. The molecule has 1 aromatic rings. The number of carbonyl (C=O) groups excluding carboxylic acids is 2. The van der Waals surface area contributed by atoms with Crippen molar-refractivity contribution in [2.24, 2.45) is 5.73 Å². The highest BCUT2D eigenvalue weighted by Crippen LogP contribution is 2.36. The SMILES string of the molecule is NC(=O)C(F)(F)C1(O)CCN(C(=O)COc2ccccc2Cl)C1. The molecule has 1 atom stereocenters. The number of hydrogen-bond donors (Lipinski definition) is 2. The highest BCUT2D eigenvalue weighted by atomic mass is 35.5. The predicted octanol–water partition coefficient (Wildman–Crippen LogP) is 0.803. The maximum Gasteiger partial charge on any atom is 0.353 e. The van der Waals surface area contributed by atoms with E-state index in [2.05, 4.69) is 5.73 Å². The van der Waals surface area contributed by atoms with E-state index in [0.717, 1.165) is 4.90 Å². The Morgan fingerprint density at radius 1 is 1.43 bits per heavy atom. The summed E-state index contributed by atoms with van der Waals surface area (Å²) < 4.78 is 32.6. The van der Waals surface area contributed by atoms with Crippen LogP contribution in [0.5, 0.6) is 5.75 Å². The lowest BCUT2D eigenvalue weighted by Crippen LogP contribution is -2.57. The maximum atomic E-state index is 13.7. The van der Waals surface area contributed by atoms with Crippen molar-refractivity contribution in [1.29, 1.82) is 0 Å². The Hall–Kier alpha value is -1.93. The zero-order valence-corrected chi connectivity index (χ0v) is 12.7. The van der Waals surface area contributed by atoms with Crippen molar-refractivity contribution in [2.45, 2.75) is 17.9 Å². The molecule has 0 aliphatic carbocycles. The summed E-state index contributed by atoms with van der Waals surface area (Å²) in [6, 6.07) is 6.47. The van der Waals surface area contributed by atoms with Crippen molar-refractivity contribution in [1.82, 2.24) is 4.90 Å². The quantitative estimate of drug-likeness (QED) is 0.823. The number of β-amino-alcohol motifs (C(OH)–C–C–N with tert-alkyl or cyclic N) is 1. The van der Waals surface area contributed by atoms with Crippen LogP contribution in [-0.2, 0) is 9.59 Å². The summed E-state index contributed by atoms with van der Waals surface area (Å²) in [5.41, 5.74) is 1.95. The van der Waals surface area contributed by atoms with Gasteiger partial charge in [0.05, 0.1) is 11.6 Å². The highest BCUT2D eigenvalue weighted by molar-refractivity contribution is 6.32. The molecule has 6 nitrogen and oxygen atoms in total. The average Bonchev–Trinajstić information content (AvgIpc) is 2.90. The zero-order chi connectivity index (χ0) is 17.3. The van der Waals surface area contributed by atoms with Gasteiger partial charge in [0.1, 0.15) is 5.75 Å². The van der Waals surface area contributed by atoms with E-state index in [-0.39, 0.29) is 12.3 Å². The molecule has 1 aliphatic rings. The number of ether oxygens (including phenoxy) is 1. The van der Waals surface area contributed by atoms with Crippen LogP contribution >= 0.6 is 11.6 Å². The van der Waals surface area contributed by atoms with Gasteiger partial charge in [-0.3, -0.25) is 9.59 Å². The monoisotopic (exact) mass is 348 g/mol. The van der Waals surface area contributed by atoms with Gasteiger partial charge in [0.2, 0.25) is 0 Å².